The first-order valence-electron chi connectivity index (χ1n) is 19.1. The molecular weight excluding hydrogens is 792 g/mol. The average Bonchev–Trinajstić information content (AvgIpc) is 4.03. The van der Waals surface area contributed by atoms with Gasteiger partial charge in [0.1, 0.15) is 0 Å². The van der Waals surface area contributed by atoms with E-state index in [0.717, 1.165) is 12.1 Å². The first-order chi connectivity index (χ1) is 28.0. The number of aliphatic hydroxyl groups is 2. The molecule has 6 aromatic carbocycles. The number of rotatable bonds is 14. The van der Waals surface area contributed by atoms with Crippen molar-refractivity contribution in [3.8, 4) is 0 Å². The van der Waals surface area contributed by atoms with Gasteiger partial charge in [0.25, 0.3) is 0 Å². The Bertz CT molecular complexity index is 1820. The van der Waals surface area contributed by atoms with Gasteiger partial charge in [0.15, 0.2) is 0 Å². The first-order valence-corrected chi connectivity index (χ1v) is 19.1. The Morgan fingerprint density at radius 3 is 1.17 bits per heavy atom. The summed E-state index contributed by atoms with van der Waals surface area (Å²) in [5.74, 6) is -4.02. The fourth-order valence-electron chi connectivity index (χ4n) is 5.67. The van der Waals surface area contributed by atoms with Crippen LogP contribution in [0, 0.1) is 47.2 Å². The van der Waals surface area contributed by atoms with Gasteiger partial charge >= 0.3 is 21.7 Å². The number of nitrogens with zero attached hydrogens (tertiary/aromatic N) is 2. The molecule has 0 bridgehead atoms. The van der Waals surface area contributed by atoms with Gasteiger partial charge < -0.3 is 20.0 Å². The van der Waals surface area contributed by atoms with Gasteiger partial charge in [-0.15, -0.1) is 36.4 Å². The zero-order chi connectivity index (χ0) is 42.1. The van der Waals surface area contributed by atoms with Crippen molar-refractivity contribution in [1.29, 1.82) is 0 Å². The predicted molar refractivity (Wildman–Crippen MR) is 222 cm³/mol. The molecule has 308 valence electrons. The van der Waals surface area contributed by atoms with E-state index >= 15 is 0 Å². The van der Waals surface area contributed by atoms with Crippen molar-refractivity contribution in [1.82, 2.24) is 0 Å². The Morgan fingerprint density at radius 1 is 0.559 bits per heavy atom. The third-order valence-corrected chi connectivity index (χ3v) is 8.61. The van der Waals surface area contributed by atoms with Crippen molar-refractivity contribution >= 4 is 23.2 Å². The summed E-state index contributed by atoms with van der Waals surface area (Å²) in [5.41, 5.74) is 0.855. The minimum absolute atomic E-state index is 0. The molecule has 2 atom stereocenters. The van der Waals surface area contributed by atoms with Gasteiger partial charge in [0, 0.05) is 60.7 Å². The Morgan fingerprint density at radius 2 is 0.898 bits per heavy atom. The maximum atomic E-state index is 14.1. The molecule has 59 heavy (non-hydrogen) atoms. The fraction of sp³-hybridized carbons (Fsp3) is 0.250. The summed E-state index contributed by atoms with van der Waals surface area (Å²) in [6, 6.07) is 45.7. The molecule has 0 aliphatic heterocycles. The summed E-state index contributed by atoms with van der Waals surface area (Å²) < 4.78 is 54.6. The number of aliphatic hydroxyl groups excluding tert-OH is 2. The Labute approximate surface area is 360 Å². The second-order valence-electron chi connectivity index (χ2n) is 13.4. The number of hydrogen-bond donors (Lipinski definition) is 2. The third kappa shape index (κ3) is 18.1. The van der Waals surface area contributed by atoms with Crippen LogP contribution in [0.2, 0.25) is 0 Å². The summed E-state index contributed by atoms with van der Waals surface area (Å²) in [4.78, 5) is 28.2. The van der Waals surface area contributed by atoms with Crippen LogP contribution in [-0.4, -0.2) is 48.3 Å². The van der Waals surface area contributed by atoms with Gasteiger partial charge in [-0.05, 0) is 73.2 Å². The number of carbonyl (C=O) groups is 2. The number of halogens is 4. The van der Waals surface area contributed by atoms with Crippen molar-refractivity contribution in [2.24, 2.45) is 11.8 Å². The smallest absolute Gasteiger partial charge is 0.396 e. The van der Waals surface area contributed by atoms with Crippen LogP contribution in [0.1, 0.15) is 60.2 Å². The molecule has 0 fully saturated rings. The van der Waals surface area contributed by atoms with E-state index < -0.39 is 23.3 Å². The van der Waals surface area contributed by atoms with Gasteiger partial charge in [0.05, 0.1) is 0 Å². The van der Waals surface area contributed by atoms with Gasteiger partial charge in [-0.3, -0.25) is 9.59 Å². The van der Waals surface area contributed by atoms with Crippen molar-refractivity contribution in [2.75, 3.05) is 36.1 Å². The molecule has 0 radical (unpaired) electrons. The summed E-state index contributed by atoms with van der Waals surface area (Å²) in [5, 5.41) is 17.9. The molecule has 0 saturated heterocycles. The van der Waals surface area contributed by atoms with Crippen LogP contribution in [-0.2, 0) is 21.7 Å². The predicted octanol–water partition coefficient (Wildman–Crippen LogP) is 10.4. The van der Waals surface area contributed by atoms with E-state index in [1.807, 2.05) is 86.6 Å². The zero-order valence-corrected chi connectivity index (χ0v) is 34.8. The second kappa shape index (κ2) is 28.3. The van der Waals surface area contributed by atoms with Crippen LogP contribution >= 0.6 is 0 Å². The van der Waals surface area contributed by atoms with E-state index in [4.69, 9.17) is 10.2 Å². The SMILES string of the molecule is CC(CCCO)CN(C(=O)c1ccccc1)c1ccc(F)[c-]c1F.CC(CCCO)CN(C(=O)c1ccccc1)c1ccc(F)[c-]c1F.[Ti+4].c1cc[cH-]c1.c1cc[cH-]c1. The Balaban J connectivity index is 0.000000323. The monoisotopic (exact) mass is 842 g/mol. The molecule has 0 spiro atoms. The van der Waals surface area contributed by atoms with E-state index in [0.29, 0.717) is 36.8 Å². The standard InChI is InChI=1S/2C19H20F2NO2.2C5H5.Ti/c2*1-14(6-5-11-23)13-22(18-10-9-16(20)12-17(18)21)19(24)15-7-3-2-4-8-15;2*1-2-4-5-3-1;/h2*2-4,7-10,14,23H,5-6,11,13H2,1H3;2*1-5H;/q4*-1;+4. The largest absolute Gasteiger partial charge is 4.00 e. The number of amides is 2. The van der Waals surface area contributed by atoms with E-state index in [-0.39, 0.29) is 83.0 Å². The zero-order valence-electron chi connectivity index (χ0n) is 33.3. The normalized spacial score (nSPS) is 11.1. The third-order valence-electron chi connectivity index (χ3n) is 8.61. The summed E-state index contributed by atoms with van der Waals surface area (Å²) in [6.07, 6.45) is 2.60. The molecule has 11 heteroatoms. The van der Waals surface area contributed by atoms with E-state index in [9.17, 15) is 27.2 Å². The van der Waals surface area contributed by atoms with E-state index in [1.165, 1.54) is 21.9 Å². The average molecular weight is 843 g/mol. The van der Waals surface area contributed by atoms with Crippen LogP contribution in [0.3, 0.4) is 0 Å². The molecule has 2 unspecified atom stereocenters. The quantitative estimate of drug-likeness (QED) is 0.0650. The molecule has 6 nitrogen and oxygen atoms in total. The van der Waals surface area contributed by atoms with Crippen molar-refractivity contribution in [3.63, 3.8) is 0 Å². The molecule has 6 aromatic rings. The Kier molecular flexibility index (Phi) is 24.0. The maximum Gasteiger partial charge on any atom is 4.00 e. The molecule has 2 N–H and O–H groups in total. The Hall–Kier alpha value is -5.13. The minimum Gasteiger partial charge on any atom is -0.396 e. The van der Waals surface area contributed by atoms with Crippen LogP contribution in [0.15, 0.2) is 146 Å². The molecule has 0 aliphatic rings. The number of benzene rings is 4. The number of hydrogen-bond acceptors (Lipinski definition) is 4. The topological polar surface area (TPSA) is 81.1 Å². The molecule has 0 saturated carbocycles. The number of anilines is 2. The maximum absolute atomic E-state index is 14.1. The van der Waals surface area contributed by atoms with Crippen LogP contribution < -0.4 is 9.80 Å². The molecule has 0 heterocycles. The molecule has 0 aliphatic carbocycles. The second-order valence-corrected chi connectivity index (χ2v) is 13.4. The van der Waals surface area contributed by atoms with Crippen molar-refractivity contribution in [3.05, 3.63) is 192 Å². The molecular formula is C48H50F4N2O4Ti. The van der Waals surface area contributed by atoms with Crippen molar-refractivity contribution in [2.45, 2.75) is 39.5 Å². The molecule has 6 rings (SSSR count). The van der Waals surface area contributed by atoms with E-state index in [1.54, 1.807) is 60.7 Å². The van der Waals surface area contributed by atoms with Crippen LogP contribution in [0.5, 0.6) is 0 Å². The van der Waals surface area contributed by atoms with Crippen molar-refractivity contribution < 1.29 is 59.1 Å². The molecule has 2 amide bonds. The molecule has 0 aromatic heterocycles. The van der Waals surface area contributed by atoms with Crippen LogP contribution in [0.4, 0.5) is 28.9 Å². The first kappa shape index (κ1) is 50.0. The summed E-state index contributed by atoms with van der Waals surface area (Å²) in [7, 11) is 0. The van der Waals surface area contributed by atoms with Gasteiger partial charge in [-0.1, -0.05) is 50.2 Å². The van der Waals surface area contributed by atoms with Crippen LogP contribution in [0.25, 0.3) is 0 Å². The van der Waals surface area contributed by atoms with Gasteiger partial charge in [-0.2, -0.15) is 36.4 Å². The minimum atomic E-state index is -0.895. The van der Waals surface area contributed by atoms with Gasteiger partial charge in [-0.25, -0.2) is 41.8 Å². The number of carbonyl (C=O) groups excluding carboxylic acids is 2. The fourth-order valence-corrected chi connectivity index (χ4v) is 5.67. The summed E-state index contributed by atoms with van der Waals surface area (Å²) in [6.45, 7) is 4.51. The van der Waals surface area contributed by atoms with Gasteiger partial charge in [0.2, 0.25) is 11.8 Å². The van der Waals surface area contributed by atoms with E-state index in [2.05, 4.69) is 0 Å². The summed E-state index contributed by atoms with van der Waals surface area (Å²) >= 11 is 0.